The third-order valence-electron chi connectivity index (χ3n) is 6.65. The van der Waals surface area contributed by atoms with Gasteiger partial charge in [-0.2, -0.15) is 0 Å². The SMILES string of the molecule is O=c1c2ccccc2nc(-c2ccc(C3=CCCN3C3CCNC3)cc2)n1-c1ccc(Cl)cn1. The van der Waals surface area contributed by atoms with Crippen LogP contribution in [0, 0.1) is 0 Å². The van der Waals surface area contributed by atoms with Crippen molar-refractivity contribution in [1.29, 1.82) is 0 Å². The predicted molar refractivity (Wildman–Crippen MR) is 136 cm³/mol. The minimum Gasteiger partial charge on any atom is -0.367 e. The molecule has 34 heavy (non-hydrogen) atoms. The van der Waals surface area contributed by atoms with Gasteiger partial charge < -0.3 is 10.2 Å². The highest BCUT2D eigenvalue weighted by molar-refractivity contribution is 6.30. The Morgan fingerprint density at radius 2 is 1.82 bits per heavy atom. The van der Waals surface area contributed by atoms with Crippen molar-refractivity contribution in [2.24, 2.45) is 0 Å². The van der Waals surface area contributed by atoms with E-state index < -0.39 is 0 Å². The zero-order valence-electron chi connectivity index (χ0n) is 18.6. The maximum Gasteiger partial charge on any atom is 0.267 e. The zero-order chi connectivity index (χ0) is 23.1. The molecule has 2 aromatic heterocycles. The largest absolute Gasteiger partial charge is 0.367 e. The normalized spacial score (nSPS) is 18.0. The molecule has 0 aliphatic carbocycles. The van der Waals surface area contributed by atoms with E-state index >= 15 is 0 Å². The van der Waals surface area contributed by atoms with Gasteiger partial charge in [-0.3, -0.25) is 4.79 Å². The fraction of sp³-hybridized carbons (Fsp3) is 0.222. The van der Waals surface area contributed by atoms with E-state index in [1.165, 1.54) is 17.7 Å². The number of para-hydroxylation sites is 1. The average molecular weight is 470 g/mol. The average Bonchev–Trinajstić information content (AvgIpc) is 3.57. The van der Waals surface area contributed by atoms with E-state index in [0.717, 1.165) is 31.6 Å². The molecule has 0 bridgehead atoms. The lowest BCUT2D eigenvalue weighted by atomic mass is 10.1. The summed E-state index contributed by atoms with van der Waals surface area (Å²) >= 11 is 6.05. The highest BCUT2D eigenvalue weighted by Crippen LogP contribution is 2.31. The van der Waals surface area contributed by atoms with Crippen molar-refractivity contribution in [3.63, 3.8) is 0 Å². The van der Waals surface area contributed by atoms with Crippen LogP contribution in [-0.2, 0) is 0 Å². The van der Waals surface area contributed by atoms with Crippen LogP contribution in [0.15, 0.2) is 77.7 Å². The van der Waals surface area contributed by atoms with E-state index in [1.807, 2.05) is 30.3 Å². The fourth-order valence-electron chi connectivity index (χ4n) is 4.98. The minimum atomic E-state index is -0.155. The third-order valence-corrected chi connectivity index (χ3v) is 6.87. The van der Waals surface area contributed by atoms with Crippen LogP contribution in [0.5, 0.6) is 0 Å². The fourth-order valence-corrected chi connectivity index (χ4v) is 5.09. The van der Waals surface area contributed by atoms with E-state index in [2.05, 4.69) is 33.4 Å². The first-order chi connectivity index (χ1) is 16.7. The van der Waals surface area contributed by atoms with E-state index in [-0.39, 0.29) is 5.56 Å². The van der Waals surface area contributed by atoms with Gasteiger partial charge in [0.1, 0.15) is 11.6 Å². The molecule has 6 rings (SSSR count). The molecule has 2 aromatic carbocycles. The molecule has 0 amide bonds. The van der Waals surface area contributed by atoms with Crippen LogP contribution < -0.4 is 10.9 Å². The van der Waals surface area contributed by atoms with Gasteiger partial charge in [0.2, 0.25) is 0 Å². The first-order valence-corrected chi connectivity index (χ1v) is 12.0. The molecule has 0 saturated carbocycles. The number of benzene rings is 2. The molecule has 0 radical (unpaired) electrons. The molecule has 1 N–H and O–H groups in total. The summed E-state index contributed by atoms with van der Waals surface area (Å²) in [5.74, 6) is 1.05. The van der Waals surface area contributed by atoms with Gasteiger partial charge in [-0.15, -0.1) is 0 Å². The molecule has 2 aliphatic rings. The lowest BCUT2D eigenvalue weighted by Crippen LogP contribution is -2.33. The lowest BCUT2D eigenvalue weighted by molar-refractivity contribution is 0.331. The summed E-state index contributed by atoms with van der Waals surface area (Å²) in [7, 11) is 0. The zero-order valence-corrected chi connectivity index (χ0v) is 19.4. The van der Waals surface area contributed by atoms with Gasteiger partial charge in [-0.1, -0.05) is 54.1 Å². The second-order valence-electron chi connectivity index (χ2n) is 8.72. The van der Waals surface area contributed by atoms with Crippen molar-refractivity contribution < 1.29 is 0 Å². The van der Waals surface area contributed by atoms with Crippen LogP contribution in [0.1, 0.15) is 18.4 Å². The summed E-state index contributed by atoms with van der Waals surface area (Å²) in [5.41, 5.74) is 3.85. The van der Waals surface area contributed by atoms with E-state index in [1.54, 1.807) is 29.0 Å². The summed E-state index contributed by atoms with van der Waals surface area (Å²) in [6, 6.07) is 19.8. The molecular weight excluding hydrogens is 446 g/mol. The van der Waals surface area contributed by atoms with Gasteiger partial charge in [-0.25, -0.2) is 14.5 Å². The number of halogens is 1. The minimum absolute atomic E-state index is 0.155. The molecule has 1 saturated heterocycles. The van der Waals surface area contributed by atoms with Gasteiger partial charge in [0.15, 0.2) is 0 Å². The van der Waals surface area contributed by atoms with Gasteiger partial charge in [0.25, 0.3) is 5.56 Å². The van der Waals surface area contributed by atoms with Gasteiger partial charge in [-0.05, 0) is 49.2 Å². The monoisotopic (exact) mass is 469 g/mol. The number of nitrogens with one attached hydrogen (secondary N) is 1. The Morgan fingerprint density at radius 3 is 2.59 bits per heavy atom. The highest BCUT2D eigenvalue weighted by atomic mass is 35.5. The molecule has 4 heterocycles. The van der Waals surface area contributed by atoms with Crippen LogP contribution in [0.3, 0.4) is 0 Å². The number of hydrogen-bond donors (Lipinski definition) is 1. The first kappa shape index (κ1) is 21.1. The number of hydrogen-bond acceptors (Lipinski definition) is 5. The standard InChI is InChI=1S/C27H24ClN5O/c28-20-11-12-25(30-16-20)33-26(31-23-5-2-1-4-22(23)27(33)34)19-9-7-18(8-10-19)24-6-3-15-32(24)21-13-14-29-17-21/h1-2,4-12,16,21,29H,3,13-15,17H2. The molecule has 1 fully saturated rings. The summed E-state index contributed by atoms with van der Waals surface area (Å²) in [6.45, 7) is 3.19. The van der Waals surface area contributed by atoms with Crippen molar-refractivity contribution in [3.8, 4) is 17.2 Å². The molecular formula is C27H24ClN5O. The number of rotatable bonds is 4. The smallest absolute Gasteiger partial charge is 0.267 e. The second-order valence-corrected chi connectivity index (χ2v) is 9.16. The van der Waals surface area contributed by atoms with Gasteiger partial charge in [0.05, 0.1) is 15.9 Å². The maximum atomic E-state index is 13.5. The first-order valence-electron chi connectivity index (χ1n) is 11.6. The number of nitrogens with zero attached hydrogens (tertiary/aromatic N) is 4. The van der Waals surface area contributed by atoms with E-state index in [4.69, 9.17) is 16.6 Å². The van der Waals surface area contributed by atoms with Crippen LogP contribution in [0.25, 0.3) is 33.8 Å². The number of aromatic nitrogens is 3. The van der Waals surface area contributed by atoms with Gasteiger partial charge >= 0.3 is 0 Å². The molecule has 1 atom stereocenters. The molecule has 2 aliphatic heterocycles. The molecule has 1 unspecified atom stereocenters. The van der Waals surface area contributed by atoms with Crippen molar-refractivity contribution in [1.82, 2.24) is 24.8 Å². The highest BCUT2D eigenvalue weighted by Gasteiger charge is 2.27. The molecule has 7 heteroatoms. The Labute approximate surface area is 202 Å². The molecule has 4 aromatic rings. The predicted octanol–water partition coefficient (Wildman–Crippen LogP) is 4.51. The molecule has 0 spiro atoms. The van der Waals surface area contributed by atoms with E-state index in [9.17, 15) is 4.79 Å². The van der Waals surface area contributed by atoms with Crippen LogP contribution in [-0.4, -0.2) is 45.1 Å². The van der Waals surface area contributed by atoms with Crippen LogP contribution in [0.4, 0.5) is 0 Å². The Kier molecular flexibility index (Phi) is 5.40. The summed E-state index contributed by atoms with van der Waals surface area (Å²) in [6.07, 6.45) is 6.12. The molecule has 6 nitrogen and oxygen atoms in total. The Hall–Kier alpha value is -3.48. The second kappa shape index (κ2) is 8.70. The Bertz CT molecular complexity index is 1440. The summed E-state index contributed by atoms with van der Waals surface area (Å²) in [5, 5.41) is 4.54. The summed E-state index contributed by atoms with van der Waals surface area (Å²) < 4.78 is 1.57. The van der Waals surface area contributed by atoms with Crippen molar-refractivity contribution >= 4 is 28.2 Å². The van der Waals surface area contributed by atoms with Crippen LogP contribution in [0.2, 0.25) is 5.02 Å². The number of pyridine rings is 1. The van der Waals surface area contributed by atoms with E-state index in [0.29, 0.717) is 33.6 Å². The summed E-state index contributed by atoms with van der Waals surface area (Å²) in [4.78, 5) is 25.3. The van der Waals surface area contributed by atoms with Crippen molar-refractivity contribution in [2.75, 3.05) is 19.6 Å². The third kappa shape index (κ3) is 3.69. The Morgan fingerprint density at radius 1 is 1.00 bits per heavy atom. The van der Waals surface area contributed by atoms with Gasteiger partial charge in [0, 0.05) is 36.6 Å². The van der Waals surface area contributed by atoms with Crippen molar-refractivity contribution in [3.05, 3.63) is 93.9 Å². The topological polar surface area (TPSA) is 63.1 Å². The number of fused-ring (bicyclic) bond motifs is 1. The quantitative estimate of drug-likeness (QED) is 0.476. The Balaban J connectivity index is 1.44. The van der Waals surface area contributed by atoms with Crippen LogP contribution >= 0.6 is 11.6 Å². The lowest BCUT2D eigenvalue weighted by Gasteiger charge is -2.29. The van der Waals surface area contributed by atoms with Crippen molar-refractivity contribution in [2.45, 2.75) is 18.9 Å². The maximum absolute atomic E-state index is 13.5. The molecule has 170 valence electrons.